The van der Waals surface area contributed by atoms with E-state index in [9.17, 15) is 4.39 Å². The van der Waals surface area contributed by atoms with Gasteiger partial charge < -0.3 is 15.2 Å². The number of fused-ring (bicyclic) bond motifs is 1. The van der Waals surface area contributed by atoms with Gasteiger partial charge in [-0.1, -0.05) is 31.5 Å². The molecule has 0 saturated carbocycles. The molecule has 0 fully saturated rings. The van der Waals surface area contributed by atoms with Crippen LogP contribution in [0.4, 0.5) is 4.39 Å². The zero-order valence-corrected chi connectivity index (χ0v) is 19.5. The quantitative estimate of drug-likeness (QED) is 0.347. The minimum Gasteiger partial charge on any atom is -0.357 e. The molecule has 28 heavy (non-hydrogen) atoms. The molecule has 1 aliphatic rings. The summed E-state index contributed by atoms with van der Waals surface area (Å²) < 4.78 is 15.5. The van der Waals surface area contributed by atoms with E-state index in [1.165, 1.54) is 12.1 Å². The number of benzene rings is 1. The number of nitrogens with zero attached hydrogens (tertiary/aromatic N) is 4. The zero-order chi connectivity index (χ0) is 19.4. The Morgan fingerprint density at radius 2 is 2.11 bits per heavy atom. The number of aromatic nitrogens is 3. The van der Waals surface area contributed by atoms with Gasteiger partial charge in [0, 0.05) is 36.5 Å². The van der Waals surface area contributed by atoms with E-state index >= 15 is 0 Å². The summed E-state index contributed by atoms with van der Waals surface area (Å²) in [5.74, 6) is 2.31. The molecule has 6 nitrogen and oxygen atoms in total. The van der Waals surface area contributed by atoms with Crippen molar-refractivity contribution in [1.82, 2.24) is 25.4 Å². The van der Waals surface area contributed by atoms with E-state index < -0.39 is 0 Å². The van der Waals surface area contributed by atoms with Gasteiger partial charge in [-0.05, 0) is 31.0 Å². The zero-order valence-electron chi connectivity index (χ0n) is 16.4. The van der Waals surface area contributed by atoms with E-state index in [4.69, 9.17) is 11.6 Å². The summed E-state index contributed by atoms with van der Waals surface area (Å²) >= 11 is 6.24. The van der Waals surface area contributed by atoms with Crippen molar-refractivity contribution in [2.45, 2.75) is 52.1 Å². The van der Waals surface area contributed by atoms with Crippen LogP contribution in [0.3, 0.4) is 0 Å². The molecule has 0 bridgehead atoms. The monoisotopic (exact) mass is 520 g/mol. The molecule has 0 radical (unpaired) electrons. The molecular formula is C19H27ClFIN6. The lowest BCUT2D eigenvalue weighted by Crippen LogP contribution is -2.43. The largest absolute Gasteiger partial charge is 0.357 e. The van der Waals surface area contributed by atoms with Crippen LogP contribution in [0.5, 0.6) is 0 Å². The molecule has 9 heteroatoms. The smallest absolute Gasteiger partial charge is 0.191 e. The molecule has 2 N–H and O–H groups in total. The molecule has 0 saturated heterocycles. The summed E-state index contributed by atoms with van der Waals surface area (Å²) in [6.45, 7) is 8.94. The number of hydrogen-bond donors (Lipinski definition) is 2. The first-order valence-electron chi connectivity index (χ1n) is 9.29. The van der Waals surface area contributed by atoms with Crippen LogP contribution in [-0.4, -0.2) is 33.8 Å². The lowest BCUT2D eigenvalue weighted by atomic mass is 9.84. The summed E-state index contributed by atoms with van der Waals surface area (Å²) in [6, 6.07) is 4.53. The van der Waals surface area contributed by atoms with Crippen molar-refractivity contribution in [3.63, 3.8) is 0 Å². The number of nitrogens with one attached hydrogen (secondary N) is 2. The molecular weight excluding hydrogens is 494 g/mol. The Morgan fingerprint density at radius 3 is 2.82 bits per heavy atom. The fourth-order valence-corrected chi connectivity index (χ4v) is 3.68. The maximum absolute atomic E-state index is 13.3. The highest BCUT2D eigenvalue weighted by molar-refractivity contribution is 14.0. The second-order valence-electron chi connectivity index (χ2n) is 7.34. The average Bonchev–Trinajstić information content (AvgIpc) is 3.21. The Balaban J connectivity index is 0.00000280. The Hall–Kier alpha value is -1.42. The Morgan fingerprint density at radius 1 is 1.32 bits per heavy atom. The van der Waals surface area contributed by atoms with E-state index in [0.717, 1.165) is 43.1 Å². The number of aliphatic imine (C=N–C) groups is 1. The number of rotatable bonds is 6. The lowest BCUT2D eigenvalue weighted by molar-refractivity contribution is 0.507. The molecule has 1 aliphatic heterocycles. The second kappa shape index (κ2) is 9.87. The fraction of sp³-hybridized carbons (Fsp3) is 0.526. The van der Waals surface area contributed by atoms with Gasteiger partial charge >= 0.3 is 0 Å². The third-order valence-electron chi connectivity index (χ3n) is 4.77. The highest BCUT2D eigenvalue weighted by Gasteiger charge is 2.24. The van der Waals surface area contributed by atoms with Crippen LogP contribution in [-0.2, 0) is 24.9 Å². The minimum absolute atomic E-state index is 0. The van der Waals surface area contributed by atoms with Crippen LogP contribution in [0.1, 0.15) is 44.4 Å². The molecule has 2 aromatic rings. The van der Waals surface area contributed by atoms with E-state index in [1.807, 2.05) is 6.92 Å². The van der Waals surface area contributed by atoms with Crippen LogP contribution >= 0.6 is 35.6 Å². The van der Waals surface area contributed by atoms with E-state index in [-0.39, 0.29) is 35.2 Å². The Bertz CT molecular complexity index is 836. The normalized spacial score (nSPS) is 13.8. The Labute approximate surface area is 187 Å². The summed E-state index contributed by atoms with van der Waals surface area (Å²) in [7, 11) is 0. The van der Waals surface area contributed by atoms with Crippen molar-refractivity contribution in [1.29, 1.82) is 0 Å². The third-order valence-corrected chi connectivity index (χ3v) is 5.08. The van der Waals surface area contributed by atoms with Gasteiger partial charge in [0.2, 0.25) is 0 Å². The molecule has 3 rings (SSSR count). The van der Waals surface area contributed by atoms with Gasteiger partial charge in [0.25, 0.3) is 0 Å². The van der Waals surface area contributed by atoms with Crippen molar-refractivity contribution in [2.75, 3.05) is 13.1 Å². The van der Waals surface area contributed by atoms with Gasteiger partial charge in [-0.2, -0.15) is 0 Å². The van der Waals surface area contributed by atoms with Gasteiger partial charge in [0.05, 0.1) is 0 Å². The molecule has 0 aliphatic carbocycles. The standard InChI is InChI=1S/C19H26ClFN6.HI/c1-4-22-18(23-11-17-26-25-16-6-5-9-27(16)17)24-12-19(2,3)14-8-7-13(21)10-15(14)20;/h7-8,10H,4-6,9,11-12H2,1-3H3,(H2,22,23,24);1H. The van der Waals surface area contributed by atoms with E-state index in [1.54, 1.807) is 6.07 Å². The van der Waals surface area contributed by atoms with E-state index in [0.29, 0.717) is 24.1 Å². The molecule has 0 spiro atoms. The average molecular weight is 521 g/mol. The summed E-state index contributed by atoms with van der Waals surface area (Å²) in [5, 5.41) is 15.5. The summed E-state index contributed by atoms with van der Waals surface area (Å²) in [5.41, 5.74) is 0.598. The molecule has 154 valence electrons. The maximum atomic E-state index is 13.3. The van der Waals surface area contributed by atoms with E-state index in [2.05, 4.69) is 44.2 Å². The predicted molar refractivity (Wildman–Crippen MR) is 121 cm³/mol. The second-order valence-corrected chi connectivity index (χ2v) is 7.75. The van der Waals surface area contributed by atoms with Crippen molar-refractivity contribution in [2.24, 2.45) is 4.99 Å². The van der Waals surface area contributed by atoms with Crippen LogP contribution in [0.15, 0.2) is 23.2 Å². The predicted octanol–water partition coefficient (Wildman–Crippen LogP) is 3.67. The van der Waals surface area contributed by atoms with Crippen molar-refractivity contribution >= 4 is 41.5 Å². The maximum Gasteiger partial charge on any atom is 0.191 e. The first-order chi connectivity index (χ1) is 12.9. The van der Waals surface area contributed by atoms with Crippen LogP contribution in [0.2, 0.25) is 5.02 Å². The molecule has 2 heterocycles. The SMILES string of the molecule is CCNC(=NCc1nnc2n1CCC2)NCC(C)(C)c1ccc(F)cc1Cl.I. The number of aryl methyl sites for hydroxylation is 1. The first-order valence-corrected chi connectivity index (χ1v) is 9.67. The van der Waals surface area contributed by atoms with Gasteiger partial charge in [-0.25, -0.2) is 9.38 Å². The Kier molecular flexibility index (Phi) is 8.06. The number of guanidine groups is 1. The third kappa shape index (κ3) is 5.34. The highest BCUT2D eigenvalue weighted by atomic mass is 127. The van der Waals surface area contributed by atoms with Gasteiger partial charge in [-0.15, -0.1) is 34.2 Å². The molecule has 1 aromatic carbocycles. The lowest BCUT2D eigenvalue weighted by Gasteiger charge is -2.27. The molecule has 0 unspecified atom stereocenters. The summed E-state index contributed by atoms with van der Waals surface area (Å²) in [4.78, 5) is 4.64. The van der Waals surface area contributed by atoms with Crippen LogP contribution in [0, 0.1) is 5.82 Å². The summed E-state index contributed by atoms with van der Waals surface area (Å²) in [6.07, 6.45) is 2.11. The first kappa shape index (κ1) is 22.9. The van der Waals surface area contributed by atoms with Gasteiger partial charge in [0.1, 0.15) is 18.2 Å². The van der Waals surface area contributed by atoms with Crippen molar-refractivity contribution in [3.05, 3.63) is 46.3 Å². The van der Waals surface area contributed by atoms with Gasteiger partial charge in [-0.3, -0.25) is 0 Å². The van der Waals surface area contributed by atoms with Crippen molar-refractivity contribution < 1.29 is 4.39 Å². The molecule has 1 aromatic heterocycles. The number of hydrogen-bond acceptors (Lipinski definition) is 3. The highest BCUT2D eigenvalue weighted by Crippen LogP contribution is 2.29. The number of halogens is 3. The molecule has 0 atom stereocenters. The minimum atomic E-state index is -0.330. The van der Waals surface area contributed by atoms with Crippen LogP contribution < -0.4 is 10.6 Å². The van der Waals surface area contributed by atoms with Crippen LogP contribution in [0.25, 0.3) is 0 Å². The van der Waals surface area contributed by atoms with Gasteiger partial charge in [0.15, 0.2) is 11.8 Å². The fourth-order valence-electron chi connectivity index (χ4n) is 3.26. The van der Waals surface area contributed by atoms with Crippen molar-refractivity contribution in [3.8, 4) is 0 Å². The molecule has 0 amide bonds. The topological polar surface area (TPSA) is 67.1 Å².